The number of para-hydroxylation sites is 1. The molecule has 11 heteroatoms. The number of carboxylic acids is 2. The maximum atomic E-state index is 13.0. The van der Waals surface area contributed by atoms with Gasteiger partial charge in [0.15, 0.2) is 5.11 Å². The summed E-state index contributed by atoms with van der Waals surface area (Å²) in [4.78, 5) is 42.3. The number of benzene rings is 2. The molecule has 0 radical (unpaired) electrons. The zero-order valence-corrected chi connectivity index (χ0v) is 21.1. The number of aromatic carboxylic acids is 2. The van der Waals surface area contributed by atoms with E-state index in [1.165, 1.54) is 12.1 Å². The van der Waals surface area contributed by atoms with Crippen LogP contribution in [0.15, 0.2) is 89.5 Å². The van der Waals surface area contributed by atoms with Crippen LogP contribution in [-0.4, -0.2) is 49.6 Å². The van der Waals surface area contributed by atoms with Crippen LogP contribution >= 0.6 is 12.2 Å². The second-order valence-corrected chi connectivity index (χ2v) is 9.17. The molecular formula is C28H22N4O6S. The first-order chi connectivity index (χ1) is 18.8. The molecular weight excluding hydrogens is 520 g/mol. The summed E-state index contributed by atoms with van der Waals surface area (Å²) in [5, 5.41) is 25.3. The number of rotatable bonds is 8. The van der Waals surface area contributed by atoms with Crippen LogP contribution in [0, 0.1) is 0 Å². The smallest absolute Gasteiger partial charge is 0.335 e. The number of nitrogens with zero attached hydrogens (tertiary/aromatic N) is 2. The lowest BCUT2D eigenvalue weighted by molar-refractivity contribution is -0.116. The summed E-state index contributed by atoms with van der Waals surface area (Å²) < 4.78 is 6.17. The average Bonchev–Trinajstić information content (AvgIpc) is 3.54. The largest absolute Gasteiger partial charge is 0.478 e. The molecule has 1 amide bonds. The molecule has 1 fully saturated rings. The Morgan fingerprint density at radius 1 is 0.949 bits per heavy atom. The van der Waals surface area contributed by atoms with Crippen molar-refractivity contribution in [1.29, 1.82) is 0 Å². The molecule has 0 spiro atoms. The molecule has 4 N–H and O–H groups in total. The molecule has 2 unspecified atom stereocenters. The minimum absolute atomic E-state index is 0.0809. The Hall–Kier alpha value is -5.03. The molecule has 5 rings (SSSR count). The Morgan fingerprint density at radius 2 is 1.64 bits per heavy atom. The minimum Gasteiger partial charge on any atom is -0.478 e. The van der Waals surface area contributed by atoms with Gasteiger partial charge in [0.05, 0.1) is 22.9 Å². The van der Waals surface area contributed by atoms with Gasteiger partial charge in [-0.2, -0.15) is 0 Å². The van der Waals surface area contributed by atoms with Gasteiger partial charge in [-0.3, -0.25) is 9.78 Å². The van der Waals surface area contributed by atoms with Crippen molar-refractivity contribution in [2.75, 3.05) is 11.9 Å². The molecule has 10 nitrogen and oxygen atoms in total. The summed E-state index contributed by atoms with van der Waals surface area (Å²) in [5.74, 6) is -2.12. The van der Waals surface area contributed by atoms with E-state index in [0.717, 1.165) is 6.07 Å². The van der Waals surface area contributed by atoms with Crippen molar-refractivity contribution < 1.29 is 29.0 Å². The highest BCUT2D eigenvalue weighted by atomic mass is 32.1. The summed E-state index contributed by atoms with van der Waals surface area (Å²) in [5.41, 5.74) is 1.24. The molecule has 196 valence electrons. The van der Waals surface area contributed by atoms with E-state index in [2.05, 4.69) is 15.6 Å². The van der Waals surface area contributed by atoms with E-state index in [4.69, 9.17) is 16.6 Å². The van der Waals surface area contributed by atoms with E-state index < -0.39 is 24.0 Å². The fourth-order valence-electron chi connectivity index (χ4n) is 4.45. The number of thiocarbonyl (C=S) groups is 1. The number of pyridine rings is 1. The lowest BCUT2D eigenvalue weighted by Gasteiger charge is -2.25. The highest BCUT2D eigenvalue weighted by Gasteiger charge is 2.42. The monoisotopic (exact) mass is 542 g/mol. The summed E-state index contributed by atoms with van der Waals surface area (Å²) in [6.45, 7) is -0.0809. The zero-order chi connectivity index (χ0) is 27.5. The third-order valence-electron chi connectivity index (χ3n) is 6.20. The van der Waals surface area contributed by atoms with Crippen molar-refractivity contribution in [3.05, 3.63) is 108 Å². The molecule has 0 aliphatic carbocycles. The van der Waals surface area contributed by atoms with Gasteiger partial charge >= 0.3 is 11.9 Å². The van der Waals surface area contributed by atoms with Gasteiger partial charge < -0.3 is 30.2 Å². The Balaban J connectivity index is 1.50. The minimum atomic E-state index is -1.26. The molecule has 0 bridgehead atoms. The quantitative estimate of drug-likeness (QED) is 0.237. The van der Waals surface area contributed by atoms with Gasteiger partial charge in [-0.15, -0.1) is 0 Å². The molecule has 2 atom stereocenters. The first-order valence-corrected chi connectivity index (χ1v) is 12.3. The average molecular weight is 543 g/mol. The third-order valence-corrected chi connectivity index (χ3v) is 6.55. The highest BCUT2D eigenvalue weighted by molar-refractivity contribution is 7.80. The number of hydrogen-bond acceptors (Lipinski definition) is 6. The SMILES string of the molecule is O=C(CN1C(=S)NC(c2ccccn2)C1c1ccc(-c2cc(C(=O)O)cc(C(=O)O)c2)o1)Nc1ccccc1. The van der Waals surface area contributed by atoms with Gasteiger partial charge in [-0.05, 0) is 66.8 Å². The Bertz CT molecular complexity index is 1520. The molecule has 0 saturated carbocycles. The van der Waals surface area contributed by atoms with Gasteiger partial charge in [0, 0.05) is 17.4 Å². The molecule has 2 aromatic heterocycles. The summed E-state index contributed by atoms with van der Waals surface area (Å²) in [6, 6.07) is 20.6. The molecule has 3 heterocycles. The van der Waals surface area contributed by atoms with Gasteiger partial charge in [0.2, 0.25) is 5.91 Å². The van der Waals surface area contributed by atoms with Crippen LogP contribution in [0.1, 0.15) is 44.3 Å². The first-order valence-electron chi connectivity index (χ1n) is 11.8. The van der Waals surface area contributed by atoms with Crippen molar-refractivity contribution in [2.45, 2.75) is 12.1 Å². The van der Waals surface area contributed by atoms with E-state index >= 15 is 0 Å². The lowest BCUT2D eigenvalue weighted by Crippen LogP contribution is -2.36. The number of furan rings is 1. The van der Waals surface area contributed by atoms with Gasteiger partial charge in [0.25, 0.3) is 0 Å². The number of carbonyl (C=O) groups excluding carboxylic acids is 1. The topological polar surface area (TPSA) is 145 Å². The van der Waals surface area contributed by atoms with Gasteiger partial charge in [-0.1, -0.05) is 24.3 Å². The maximum Gasteiger partial charge on any atom is 0.335 e. The summed E-state index contributed by atoms with van der Waals surface area (Å²) in [7, 11) is 0. The number of nitrogens with one attached hydrogen (secondary N) is 2. The summed E-state index contributed by atoms with van der Waals surface area (Å²) in [6.07, 6.45) is 1.65. The van der Waals surface area contributed by atoms with Crippen molar-refractivity contribution in [1.82, 2.24) is 15.2 Å². The van der Waals surface area contributed by atoms with E-state index in [-0.39, 0.29) is 34.9 Å². The molecule has 4 aromatic rings. The number of aromatic nitrogens is 1. The van der Waals surface area contributed by atoms with Crippen molar-refractivity contribution in [3.8, 4) is 11.3 Å². The van der Waals surface area contributed by atoms with Crippen LogP contribution in [0.3, 0.4) is 0 Å². The van der Waals surface area contributed by atoms with Crippen LogP contribution in [0.2, 0.25) is 0 Å². The van der Waals surface area contributed by atoms with Crippen molar-refractivity contribution in [3.63, 3.8) is 0 Å². The van der Waals surface area contributed by atoms with E-state index in [1.807, 2.05) is 30.3 Å². The van der Waals surface area contributed by atoms with Gasteiger partial charge in [0.1, 0.15) is 24.1 Å². The standard InChI is InChI=1S/C28H22N4O6S/c33-23(30-19-6-2-1-3-7-19)15-32-25(24(31-28(32)39)20-8-4-5-11-29-20)22-10-9-21(38-22)16-12-17(26(34)35)14-18(13-16)27(36)37/h1-14,24-25H,15H2,(H,30,33)(H,31,39)(H,34,35)(H,36,37). The van der Waals surface area contributed by atoms with Gasteiger partial charge in [-0.25, -0.2) is 9.59 Å². The number of carbonyl (C=O) groups is 3. The predicted molar refractivity (Wildman–Crippen MR) is 145 cm³/mol. The van der Waals surface area contributed by atoms with Crippen LogP contribution in [0.4, 0.5) is 5.69 Å². The second kappa shape index (κ2) is 10.8. The normalized spacial score (nSPS) is 16.5. The molecule has 1 aliphatic heterocycles. The van der Waals surface area contributed by atoms with E-state index in [1.54, 1.807) is 41.4 Å². The highest BCUT2D eigenvalue weighted by Crippen LogP contribution is 2.40. The maximum absolute atomic E-state index is 13.0. The second-order valence-electron chi connectivity index (χ2n) is 8.78. The Kier molecular flexibility index (Phi) is 7.06. The Morgan fingerprint density at radius 3 is 2.28 bits per heavy atom. The predicted octanol–water partition coefficient (Wildman–Crippen LogP) is 4.35. The fourth-order valence-corrected chi connectivity index (χ4v) is 4.75. The van der Waals surface area contributed by atoms with Crippen molar-refractivity contribution >= 4 is 40.9 Å². The third kappa shape index (κ3) is 5.48. The summed E-state index contributed by atoms with van der Waals surface area (Å²) >= 11 is 5.60. The molecule has 39 heavy (non-hydrogen) atoms. The first kappa shape index (κ1) is 25.6. The Labute approximate surface area is 227 Å². The number of amides is 1. The van der Waals surface area contributed by atoms with E-state index in [0.29, 0.717) is 22.3 Å². The van der Waals surface area contributed by atoms with Crippen LogP contribution in [0.5, 0.6) is 0 Å². The number of anilines is 1. The molecule has 2 aromatic carbocycles. The number of carboxylic acid groups (broad SMARTS) is 2. The van der Waals surface area contributed by atoms with E-state index in [9.17, 15) is 24.6 Å². The van der Waals surface area contributed by atoms with Crippen LogP contribution in [-0.2, 0) is 4.79 Å². The zero-order valence-electron chi connectivity index (χ0n) is 20.3. The number of hydrogen-bond donors (Lipinski definition) is 4. The van der Waals surface area contributed by atoms with Crippen molar-refractivity contribution in [2.24, 2.45) is 0 Å². The lowest BCUT2D eigenvalue weighted by atomic mass is 10.0. The van der Waals surface area contributed by atoms with Crippen LogP contribution < -0.4 is 10.6 Å². The van der Waals surface area contributed by atoms with Crippen LogP contribution in [0.25, 0.3) is 11.3 Å². The molecule has 1 aliphatic rings. The molecule has 1 saturated heterocycles. The fraction of sp³-hybridized carbons (Fsp3) is 0.107.